The van der Waals surface area contributed by atoms with E-state index in [-0.39, 0.29) is 0 Å². The van der Waals surface area contributed by atoms with Gasteiger partial charge in [-0.25, -0.2) is 13.2 Å². The van der Waals surface area contributed by atoms with Crippen molar-refractivity contribution in [3.63, 3.8) is 0 Å². The van der Waals surface area contributed by atoms with Crippen LogP contribution >= 0.6 is 15.9 Å². The topological polar surface area (TPSA) is 29.1 Å². The van der Waals surface area contributed by atoms with Crippen LogP contribution in [-0.4, -0.2) is 16.8 Å². The summed E-state index contributed by atoms with van der Waals surface area (Å²) in [5.41, 5.74) is -1.38. The molecule has 0 aliphatic heterocycles. The van der Waals surface area contributed by atoms with Gasteiger partial charge in [-0.05, 0) is 20.3 Å². The second-order valence-electron chi connectivity index (χ2n) is 4.52. The van der Waals surface area contributed by atoms with Gasteiger partial charge in [0, 0.05) is 23.0 Å². The number of hydrogen-bond acceptors (Lipinski definition) is 1. The van der Waals surface area contributed by atoms with E-state index in [9.17, 15) is 18.0 Å². The van der Waals surface area contributed by atoms with Gasteiger partial charge in [-0.1, -0.05) is 15.9 Å². The van der Waals surface area contributed by atoms with E-state index in [0.717, 1.165) is 0 Å². The second kappa shape index (κ2) is 5.73. The molecule has 0 saturated heterocycles. The van der Waals surface area contributed by atoms with Gasteiger partial charge in [0.2, 0.25) is 0 Å². The van der Waals surface area contributed by atoms with Crippen molar-refractivity contribution in [1.82, 2.24) is 5.32 Å². The number of alkyl halides is 1. The highest BCUT2D eigenvalue weighted by molar-refractivity contribution is 9.09. The highest BCUT2D eigenvalue weighted by Crippen LogP contribution is 2.17. The van der Waals surface area contributed by atoms with Gasteiger partial charge in [0.05, 0.1) is 0 Å². The zero-order valence-corrected chi connectivity index (χ0v) is 11.6. The summed E-state index contributed by atoms with van der Waals surface area (Å²) in [6.07, 6.45) is 0.586. The first-order valence-electron chi connectivity index (χ1n) is 5.30. The minimum atomic E-state index is -1.21. The number of hydrogen-bond donors (Lipinski definition) is 1. The van der Waals surface area contributed by atoms with Crippen LogP contribution in [0.5, 0.6) is 0 Å². The summed E-state index contributed by atoms with van der Waals surface area (Å²) in [7, 11) is 0. The van der Waals surface area contributed by atoms with E-state index in [0.29, 0.717) is 23.9 Å². The third kappa shape index (κ3) is 3.73. The largest absolute Gasteiger partial charge is 0.347 e. The van der Waals surface area contributed by atoms with E-state index in [1.165, 1.54) is 0 Å². The molecule has 0 fully saturated rings. The van der Waals surface area contributed by atoms with Crippen LogP contribution < -0.4 is 5.32 Å². The SMILES string of the molecule is CC(C)(CCBr)NC(=O)c1c(F)cc(F)cc1F. The molecule has 0 aromatic heterocycles. The molecule has 100 valence electrons. The maximum Gasteiger partial charge on any atom is 0.257 e. The Morgan fingerprint density at radius 1 is 1.28 bits per heavy atom. The normalized spacial score (nSPS) is 11.4. The smallest absolute Gasteiger partial charge is 0.257 e. The standard InChI is InChI=1S/C12H13BrF3NO/c1-12(2,3-4-13)17-11(18)10-8(15)5-7(14)6-9(10)16/h5-6H,3-4H2,1-2H3,(H,17,18). The van der Waals surface area contributed by atoms with Crippen molar-refractivity contribution < 1.29 is 18.0 Å². The van der Waals surface area contributed by atoms with Gasteiger partial charge in [0.1, 0.15) is 23.0 Å². The molecule has 0 bridgehead atoms. The van der Waals surface area contributed by atoms with E-state index < -0.39 is 34.5 Å². The number of halogens is 4. The number of carbonyl (C=O) groups excluding carboxylic acids is 1. The molecule has 0 unspecified atom stereocenters. The van der Waals surface area contributed by atoms with Crippen LogP contribution in [0.1, 0.15) is 30.6 Å². The Bertz CT molecular complexity index is 440. The molecule has 18 heavy (non-hydrogen) atoms. The lowest BCUT2D eigenvalue weighted by Crippen LogP contribution is -2.44. The summed E-state index contributed by atoms with van der Waals surface area (Å²) >= 11 is 3.22. The van der Waals surface area contributed by atoms with Crippen molar-refractivity contribution >= 4 is 21.8 Å². The number of rotatable bonds is 4. The van der Waals surface area contributed by atoms with Crippen LogP contribution in [0.25, 0.3) is 0 Å². The molecular formula is C12H13BrF3NO. The second-order valence-corrected chi connectivity index (χ2v) is 5.31. The molecule has 0 atom stereocenters. The fraction of sp³-hybridized carbons (Fsp3) is 0.417. The Hall–Kier alpha value is -1.04. The van der Waals surface area contributed by atoms with Gasteiger partial charge >= 0.3 is 0 Å². The lowest BCUT2D eigenvalue weighted by Gasteiger charge is -2.25. The van der Waals surface area contributed by atoms with Crippen LogP contribution in [0.2, 0.25) is 0 Å². The molecule has 6 heteroatoms. The van der Waals surface area contributed by atoms with Crippen molar-refractivity contribution in [1.29, 1.82) is 0 Å². The molecule has 1 rings (SSSR count). The lowest BCUT2D eigenvalue weighted by molar-refractivity contribution is 0.0903. The highest BCUT2D eigenvalue weighted by Gasteiger charge is 2.25. The number of carbonyl (C=O) groups is 1. The molecule has 0 saturated carbocycles. The van der Waals surface area contributed by atoms with E-state index in [2.05, 4.69) is 21.2 Å². The summed E-state index contributed by atoms with van der Waals surface area (Å²) in [6, 6.07) is 0.963. The molecule has 1 aromatic carbocycles. The first-order valence-corrected chi connectivity index (χ1v) is 6.42. The van der Waals surface area contributed by atoms with Crippen LogP contribution in [0.3, 0.4) is 0 Å². The molecule has 1 N–H and O–H groups in total. The van der Waals surface area contributed by atoms with Crippen LogP contribution in [0, 0.1) is 17.5 Å². The average molecular weight is 324 g/mol. The molecule has 1 aromatic rings. The first kappa shape index (κ1) is 15.0. The van der Waals surface area contributed by atoms with Gasteiger partial charge in [0.25, 0.3) is 5.91 Å². The predicted molar refractivity (Wildman–Crippen MR) is 66.3 cm³/mol. The molecule has 0 aliphatic rings. The van der Waals surface area contributed by atoms with Crippen molar-refractivity contribution in [3.05, 3.63) is 35.1 Å². The zero-order chi connectivity index (χ0) is 13.9. The maximum absolute atomic E-state index is 13.4. The monoisotopic (exact) mass is 323 g/mol. The summed E-state index contributed by atoms with van der Waals surface area (Å²) in [5.74, 6) is -4.36. The Balaban J connectivity index is 2.98. The van der Waals surface area contributed by atoms with Crippen LogP contribution in [0.4, 0.5) is 13.2 Å². The fourth-order valence-electron chi connectivity index (χ4n) is 1.43. The average Bonchev–Trinajstić information content (AvgIpc) is 2.13. The Labute approximate surface area is 112 Å². The van der Waals surface area contributed by atoms with E-state index in [4.69, 9.17) is 0 Å². The third-order valence-corrected chi connectivity index (χ3v) is 2.80. The summed E-state index contributed by atoms with van der Waals surface area (Å²) in [5, 5.41) is 3.14. The van der Waals surface area contributed by atoms with E-state index in [1.807, 2.05) is 0 Å². The number of nitrogens with one attached hydrogen (secondary N) is 1. The van der Waals surface area contributed by atoms with Gasteiger partial charge in [0.15, 0.2) is 0 Å². The third-order valence-electron chi connectivity index (χ3n) is 2.41. The highest BCUT2D eigenvalue weighted by atomic mass is 79.9. The minimum absolute atomic E-state index is 0.482. The lowest BCUT2D eigenvalue weighted by atomic mass is 10.0. The molecule has 0 heterocycles. The summed E-state index contributed by atoms with van der Waals surface area (Å²) < 4.78 is 39.5. The molecular weight excluding hydrogens is 311 g/mol. The van der Waals surface area contributed by atoms with Crippen LogP contribution in [-0.2, 0) is 0 Å². The van der Waals surface area contributed by atoms with Crippen molar-refractivity contribution in [3.8, 4) is 0 Å². The minimum Gasteiger partial charge on any atom is -0.347 e. The predicted octanol–water partition coefficient (Wildman–Crippen LogP) is 3.40. The molecule has 0 spiro atoms. The van der Waals surface area contributed by atoms with Gasteiger partial charge < -0.3 is 5.32 Å². The van der Waals surface area contributed by atoms with Crippen molar-refractivity contribution in [2.24, 2.45) is 0 Å². The first-order chi connectivity index (χ1) is 8.26. The molecule has 0 radical (unpaired) electrons. The van der Waals surface area contributed by atoms with Crippen molar-refractivity contribution in [2.75, 3.05) is 5.33 Å². The van der Waals surface area contributed by atoms with Gasteiger partial charge in [-0.3, -0.25) is 4.79 Å². The molecule has 2 nitrogen and oxygen atoms in total. The Kier molecular flexibility index (Phi) is 4.78. The van der Waals surface area contributed by atoms with Crippen molar-refractivity contribution in [2.45, 2.75) is 25.8 Å². The number of benzene rings is 1. The Morgan fingerprint density at radius 2 is 1.78 bits per heavy atom. The summed E-state index contributed by atoms with van der Waals surface area (Å²) in [4.78, 5) is 11.8. The van der Waals surface area contributed by atoms with E-state index in [1.54, 1.807) is 13.8 Å². The van der Waals surface area contributed by atoms with Gasteiger partial charge in [-0.15, -0.1) is 0 Å². The van der Waals surface area contributed by atoms with Crippen LogP contribution in [0.15, 0.2) is 12.1 Å². The summed E-state index contributed by atoms with van der Waals surface area (Å²) in [6.45, 7) is 3.46. The molecule has 1 amide bonds. The van der Waals surface area contributed by atoms with E-state index >= 15 is 0 Å². The fourth-order valence-corrected chi connectivity index (χ4v) is 2.42. The zero-order valence-electron chi connectivity index (χ0n) is 9.99. The van der Waals surface area contributed by atoms with Gasteiger partial charge in [-0.2, -0.15) is 0 Å². The Morgan fingerprint density at radius 3 is 2.22 bits per heavy atom. The quantitative estimate of drug-likeness (QED) is 0.845. The maximum atomic E-state index is 13.4. The molecule has 0 aliphatic carbocycles. The number of amides is 1.